The molecule has 0 aliphatic carbocycles. The minimum absolute atomic E-state index is 0.378. The van der Waals surface area contributed by atoms with Crippen LogP contribution in [0.1, 0.15) is 11.1 Å². The van der Waals surface area contributed by atoms with E-state index in [1.807, 2.05) is 25.1 Å². The molecule has 0 amide bonds. The van der Waals surface area contributed by atoms with Crippen molar-refractivity contribution >= 4 is 22.2 Å². The zero-order valence-corrected chi connectivity index (χ0v) is 12.4. The average molecular weight is 316 g/mol. The number of nitrogens with one attached hydrogen (secondary N) is 2. The van der Waals surface area contributed by atoms with Crippen LogP contribution in [0, 0.1) is 19.7 Å². The fourth-order valence-corrected chi connectivity index (χ4v) is 2.30. The number of para-hydroxylation sites is 1. The average Bonchev–Trinajstić information content (AvgIpc) is 3.02. The number of rotatable bonds is 0. The molecule has 7 heteroatoms. The molecule has 2 aromatic carbocycles. The van der Waals surface area contributed by atoms with Gasteiger partial charge in [-0.15, -0.1) is 0 Å². The Balaban J connectivity index is 0.000000136. The maximum atomic E-state index is 12.7. The van der Waals surface area contributed by atoms with Gasteiger partial charge in [-0.1, -0.05) is 12.1 Å². The van der Waals surface area contributed by atoms with Gasteiger partial charge < -0.3 is 8.83 Å². The Morgan fingerprint density at radius 3 is 2.13 bits per heavy atom. The van der Waals surface area contributed by atoms with Crippen molar-refractivity contribution in [2.45, 2.75) is 13.8 Å². The van der Waals surface area contributed by atoms with Gasteiger partial charge in [0.1, 0.15) is 5.82 Å². The monoisotopic (exact) mass is 316 g/mol. The number of H-pyrrole nitrogens is 2. The molecule has 0 aliphatic rings. The van der Waals surface area contributed by atoms with Gasteiger partial charge in [-0.05, 0) is 37.1 Å². The Bertz CT molecular complexity index is 1100. The lowest BCUT2D eigenvalue weighted by Crippen LogP contribution is -1.92. The third-order valence-corrected chi connectivity index (χ3v) is 3.31. The highest BCUT2D eigenvalue weighted by Crippen LogP contribution is 2.16. The van der Waals surface area contributed by atoms with Crippen molar-refractivity contribution in [2.24, 2.45) is 0 Å². The molecule has 4 rings (SSSR count). The molecule has 0 fully saturated rings. The number of hydrogen-bond acceptors (Lipinski definition) is 4. The highest BCUT2D eigenvalue weighted by molar-refractivity contribution is 5.76. The predicted molar refractivity (Wildman–Crippen MR) is 83.1 cm³/mol. The maximum absolute atomic E-state index is 12.7. The lowest BCUT2D eigenvalue weighted by molar-refractivity contribution is 0.552. The number of aryl methyl sites for hydroxylation is 2. The van der Waals surface area contributed by atoms with E-state index in [0.717, 1.165) is 11.1 Å². The molecule has 0 radical (unpaired) electrons. The van der Waals surface area contributed by atoms with Crippen LogP contribution in [-0.2, 0) is 0 Å². The lowest BCUT2D eigenvalue weighted by Gasteiger charge is -1.92. The zero-order valence-electron chi connectivity index (χ0n) is 12.4. The number of oxazole rings is 2. The Labute approximate surface area is 128 Å². The smallest absolute Gasteiger partial charge is 0.408 e. The molecule has 0 aliphatic heterocycles. The lowest BCUT2D eigenvalue weighted by atomic mass is 10.2. The summed E-state index contributed by atoms with van der Waals surface area (Å²) in [4.78, 5) is 26.4. The summed E-state index contributed by atoms with van der Waals surface area (Å²) in [5, 5.41) is 0. The van der Waals surface area contributed by atoms with Crippen LogP contribution in [-0.4, -0.2) is 9.97 Å². The minimum atomic E-state index is -0.557. The van der Waals surface area contributed by atoms with Crippen LogP contribution in [0.5, 0.6) is 0 Å². The summed E-state index contributed by atoms with van der Waals surface area (Å²) < 4.78 is 22.4. The van der Waals surface area contributed by atoms with Crippen LogP contribution in [0.15, 0.2) is 48.8 Å². The molecular formula is C16H13FN2O4. The Morgan fingerprint density at radius 2 is 1.48 bits per heavy atom. The number of benzene rings is 2. The summed E-state index contributed by atoms with van der Waals surface area (Å²) in [5.74, 6) is -1.33. The van der Waals surface area contributed by atoms with E-state index in [9.17, 15) is 14.0 Å². The van der Waals surface area contributed by atoms with Crippen LogP contribution < -0.4 is 11.5 Å². The van der Waals surface area contributed by atoms with E-state index < -0.39 is 11.5 Å². The second kappa shape index (κ2) is 5.60. The third-order valence-electron chi connectivity index (χ3n) is 3.31. The molecule has 0 atom stereocenters. The van der Waals surface area contributed by atoms with Gasteiger partial charge in [0.2, 0.25) is 0 Å². The molecule has 2 heterocycles. The zero-order chi connectivity index (χ0) is 16.6. The normalized spacial score (nSPS) is 10.7. The highest BCUT2D eigenvalue weighted by Gasteiger charge is 2.05. The van der Waals surface area contributed by atoms with E-state index in [4.69, 9.17) is 8.83 Å². The van der Waals surface area contributed by atoms with E-state index in [-0.39, 0.29) is 5.82 Å². The molecule has 6 nitrogen and oxygen atoms in total. The van der Waals surface area contributed by atoms with Crippen LogP contribution in [0.4, 0.5) is 4.39 Å². The summed E-state index contributed by atoms with van der Waals surface area (Å²) in [5.41, 5.74) is 3.82. The van der Waals surface area contributed by atoms with Gasteiger partial charge in [-0.3, -0.25) is 9.97 Å². The summed E-state index contributed by atoms with van der Waals surface area (Å²) in [7, 11) is 0. The van der Waals surface area contributed by atoms with Crippen LogP contribution in [0.25, 0.3) is 22.2 Å². The number of aromatic nitrogens is 2. The summed E-state index contributed by atoms with van der Waals surface area (Å²) in [6.07, 6.45) is 0. The van der Waals surface area contributed by atoms with Gasteiger partial charge in [-0.2, -0.15) is 0 Å². The van der Waals surface area contributed by atoms with Crippen LogP contribution in [0.2, 0.25) is 0 Å². The molecule has 23 heavy (non-hydrogen) atoms. The molecule has 0 unspecified atom stereocenters. The first-order valence-electron chi connectivity index (χ1n) is 6.81. The van der Waals surface area contributed by atoms with Gasteiger partial charge in [0.15, 0.2) is 11.2 Å². The van der Waals surface area contributed by atoms with E-state index in [2.05, 4.69) is 9.97 Å². The summed E-state index contributed by atoms with van der Waals surface area (Å²) in [6, 6.07) is 8.14. The molecule has 118 valence electrons. The molecule has 0 saturated heterocycles. The fourth-order valence-electron chi connectivity index (χ4n) is 2.30. The van der Waals surface area contributed by atoms with Crippen molar-refractivity contribution in [3.8, 4) is 0 Å². The standard InChI is InChI=1S/C8H6FNO2.C8H7NO2/c1-4-2-5(9)3-6-7(4)12-8(11)10-6;1-5-3-2-4-6-7(5)11-8(10)9-6/h2-3H,1H3,(H,10,11);2-4H,1H3,(H,9,10). The predicted octanol–water partition coefficient (Wildman–Crippen LogP) is 3.00. The van der Waals surface area contributed by atoms with Gasteiger partial charge in [0.25, 0.3) is 0 Å². The van der Waals surface area contributed by atoms with Crippen molar-refractivity contribution in [3.63, 3.8) is 0 Å². The first-order chi connectivity index (χ1) is 10.9. The van der Waals surface area contributed by atoms with Crippen molar-refractivity contribution in [1.29, 1.82) is 0 Å². The highest BCUT2D eigenvalue weighted by atomic mass is 19.1. The van der Waals surface area contributed by atoms with E-state index in [1.165, 1.54) is 12.1 Å². The molecular weight excluding hydrogens is 303 g/mol. The van der Waals surface area contributed by atoms with Gasteiger partial charge >= 0.3 is 11.5 Å². The van der Waals surface area contributed by atoms with Crippen molar-refractivity contribution in [2.75, 3.05) is 0 Å². The Kier molecular flexibility index (Phi) is 3.61. The van der Waals surface area contributed by atoms with Crippen LogP contribution >= 0.6 is 0 Å². The summed E-state index contributed by atoms with van der Waals surface area (Å²) in [6.45, 7) is 3.58. The Morgan fingerprint density at radius 1 is 0.870 bits per heavy atom. The third kappa shape index (κ3) is 2.94. The SMILES string of the molecule is Cc1cc(F)cc2[nH]c(=O)oc12.Cc1cccc2[nH]c(=O)oc12. The van der Waals surface area contributed by atoms with Crippen LogP contribution in [0.3, 0.4) is 0 Å². The molecule has 2 aromatic heterocycles. The second-order valence-electron chi connectivity index (χ2n) is 5.08. The number of aromatic amines is 2. The van der Waals surface area contributed by atoms with Crippen molar-refractivity contribution in [3.05, 3.63) is 68.4 Å². The second-order valence-corrected chi connectivity index (χ2v) is 5.08. The quantitative estimate of drug-likeness (QED) is 0.521. The first kappa shape index (κ1) is 14.8. The topological polar surface area (TPSA) is 92.0 Å². The first-order valence-corrected chi connectivity index (χ1v) is 6.81. The van der Waals surface area contributed by atoms with Gasteiger partial charge in [0, 0.05) is 6.07 Å². The number of fused-ring (bicyclic) bond motifs is 2. The molecule has 2 N–H and O–H groups in total. The fraction of sp³-hybridized carbons (Fsp3) is 0.125. The van der Waals surface area contributed by atoms with E-state index in [0.29, 0.717) is 22.2 Å². The van der Waals surface area contributed by atoms with Gasteiger partial charge in [-0.25, -0.2) is 14.0 Å². The van der Waals surface area contributed by atoms with E-state index in [1.54, 1.807) is 6.92 Å². The Hall–Kier alpha value is -3.09. The number of hydrogen-bond donors (Lipinski definition) is 2. The number of halogens is 1. The van der Waals surface area contributed by atoms with Crippen molar-refractivity contribution < 1.29 is 13.2 Å². The van der Waals surface area contributed by atoms with E-state index >= 15 is 0 Å². The molecule has 0 bridgehead atoms. The maximum Gasteiger partial charge on any atom is 0.417 e. The largest absolute Gasteiger partial charge is 0.417 e. The minimum Gasteiger partial charge on any atom is -0.408 e. The van der Waals surface area contributed by atoms with Gasteiger partial charge in [0.05, 0.1) is 11.0 Å². The molecule has 0 spiro atoms. The van der Waals surface area contributed by atoms with Crippen molar-refractivity contribution in [1.82, 2.24) is 9.97 Å². The summed E-state index contributed by atoms with van der Waals surface area (Å²) >= 11 is 0. The molecule has 4 aromatic rings. The molecule has 0 saturated carbocycles.